The van der Waals surface area contributed by atoms with Crippen molar-refractivity contribution in [1.82, 2.24) is 0 Å². The smallest absolute Gasteiger partial charge is 0.183 e. The number of ketones is 1. The summed E-state index contributed by atoms with van der Waals surface area (Å²) in [7, 11) is 0. The van der Waals surface area contributed by atoms with E-state index in [4.69, 9.17) is 0 Å². The highest BCUT2D eigenvalue weighted by Crippen LogP contribution is 1.76. The van der Waals surface area contributed by atoms with Gasteiger partial charge in [0, 0.05) is 5.97 Å². The summed E-state index contributed by atoms with van der Waals surface area (Å²) in [4.78, 5) is 28.8. The van der Waals surface area contributed by atoms with E-state index in [2.05, 4.69) is 0 Å². The van der Waals surface area contributed by atoms with E-state index >= 15 is 0 Å². The summed E-state index contributed by atoms with van der Waals surface area (Å²) < 4.78 is 0. The van der Waals surface area contributed by atoms with Gasteiger partial charge in [0.1, 0.15) is 5.97 Å². The van der Waals surface area contributed by atoms with Crippen LogP contribution in [0, 0.1) is 0 Å². The molecule has 0 radical (unpaired) electrons. The summed E-state index contributed by atoms with van der Waals surface area (Å²) in [5, 5.41) is 19.0. The molecule has 50 valence electrons. The molecule has 0 fully saturated rings. The summed E-state index contributed by atoms with van der Waals surface area (Å²) in [6.45, 7) is 0. The highest BCUT2D eigenvalue weighted by atomic mass is 16.4. The van der Waals surface area contributed by atoms with Gasteiger partial charge in [-0.3, -0.25) is 4.79 Å². The number of carbonyl (C=O) groups excluding carboxylic acids is 3. The molecule has 0 heterocycles. The van der Waals surface area contributed by atoms with Gasteiger partial charge in [0.15, 0.2) is 5.78 Å². The van der Waals surface area contributed by atoms with E-state index in [0.717, 1.165) is 0 Å². The average molecular weight is 130 g/mol. The second-order valence-corrected chi connectivity index (χ2v) is 1.26. The van der Waals surface area contributed by atoms with Crippen LogP contribution in [-0.4, -0.2) is 17.7 Å². The van der Waals surface area contributed by atoms with Gasteiger partial charge in [-0.2, -0.15) is 0 Å². The third kappa shape index (κ3) is 3.22. The van der Waals surface area contributed by atoms with Gasteiger partial charge in [-0.25, -0.2) is 0 Å². The third-order valence-electron chi connectivity index (χ3n) is 0.533. The Bertz CT molecular complexity index is 158. The lowest BCUT2D eigenvalue weighted by atomic mass is 10.3. The van der Waals surface area contributed by atoms with Crippen LogP contribution in [0.5, 0.6) is 0 Å². The Morgan fingerprint density at radius 1 is 1.11 bits per heavy atom. The zero-order valence-corrected chi connectivity index (χ0v) is 4.25. The molecule has 0 saturated heterocycles. The maximum Gasteiger partial charge on any atom is 0.183 e. The molecule has 0 bridgehead atoms. The number of rotatable bonds is 3. The van der Waals surface area contributed by atoms with Crippen LogP contribution in [-0.2, 0) is 14.4 Å². The maximum atomic E-state index is 9.87. The first kappa shape index (κ1) is 7.61. The number of Topliss-reactive ketones (excluding diaryl/α,β-unsaturated/α-hetero) is 1. The van der Waals surface area contributed by atoms with Gasteiger partial charge in [-0.1, -0.05) is 0 Å². The molecule has 0 aliphatic carbocycles. The molecular formula is C4H2O5-2. The largest absolute Gasteiger partial charge is 0.550 e. The standard InChI is InChI=1S/C4H4O5/c5-2(4(8)9)1-3(6)7/h1H2,(H,6,7)(H,8,9)/p-2. The molecule has 0 aliphatic heterocycles. The van der Waals surface area contributed by atoms with Crippen molar-refractivity contribution in [3.63, 3.8) is 0 Å². The highest BCUT2D eigenvalue weighted by Gasteiger charge is 2.00. The van der Waals surface area contributed by atoms with E-state index in [0.29, 0.717) is 0 Å². The van der Waals surface area contributed by atoms with Crippen molar-refractivity contribution >= 4 is 17.7 Å². The Morgan fingerprint density at radius 3 is 1.67 bits per heavy atom. The predicted molar refractivity (Wildman–Crippen MR) is 19.6 cm³/mol. The molecule has 0 N–H and O–H groups in total. The summed E-state index contributed by atoms with van der Waals surface area (Å²) in [6.07, 6.45) is -1.12. The number of hydrogen-bond acceptors (Lipinski definition) is 5. The van der Waals surface area contributed by atoms with E-state index in [-0.39, 0.29) is 0 Å². The average Bonchev–Trinajstić information content (AvgIpc) is 1.63. The maximum absolute atomic E-state index is 9.87. The Balaban J connectivity index is 3.79. The predicted octanol–water partition coefficient (Wildman–Crippen LogP) is -3.55. The minimum atomic E-state index is -2.00. The van der Waals surface area contributed by atoms with Crippen LogP contribution in [0.3, 0.4) is 0 Å². The van der Waals surface area contributed by atoms with Crippen LogP contribution < -0.4 is 10.2 Å². The zero-order valence-electron chi connectivity index (χ0n) is 4.25. The lowest BCUT2D eigenvalue weighted by molar-refractivity contribution is -0.309. The van der Waals surface area contributed by atoms with Gasteiger partial charge in [-0.15, -0.1) is 0 Å². The lowest BCUT2D eigenvalue weighted by Crippen LogP contribution is -2.36. The fourth-order valence-electron chi connectivity index (χ4n) is 0.203. The van der Waals surface area contributed by atoms with E-state index in [1.54, 1.807) is 0 Å². The van der Waals surface area contributed by atoms with Crippen LogP contribution in [0.25, 0.3) is 0 Å². The first-order valence-corrected chi connectivity index (χ1v) is 1.98. The highest BCUT2D eigenvalue weighted by molar-refractivity contribution is 6.34. The zero-order chi connectivity index (χ0) is 7.44. The molecule has 0 aromatic rings. The molecular weight excluding hydrogens is 128 g/mol. The van der Waals surface area contributed by atoms with Crippen LogP contribution in [0.1, 0.15) is 6.42 Å². The molecule has 5 nitrogen and oxygen atoms in total. The molecule has 5 heteroatoms. The summed E-state index contributed by atoms with van der Waals surface area (Å²) in [6, 6.07) is 0. The molecule has 0 aliphatic rings. The molecule has 0 unspecified atom stereocenters. The molecule has 0 rings (SSSR count). The van der Waals surface area contributed by atoms with Gasteiger partial charge < -0.3 is 19.8 Å². The first-order valence-electron chi connectivity index (χ1n) is 1.98. The SMILES string of the molecule is O=C([O-])CC(=O)C(=O)[O-]. The number of carbonyl (C=O) groups is 3. The third-order valence-corrected chi connectivity index (χ3v) is 0.533. The molecule has 0 amide bonds. The fourth-order valence-corrected chi connectivity index (χ4v) is 0.203. The van der Waals surface area contributed by atoms with E-state index in [1.807, 2.05) is 0 Å². The second-order valence-electron chi connectivity index (χ2n) is 1.26. The first-order chi connectivity index (χ1) is 4.04. The minimum Gasteiger partial charge on any atom is -0.550 e. The minimum absolute atomic E-state index is 1.12. The van der Waals surface area contributed by atoms with Crippen molar-refractivity contribution < 1.29 is 24.6 Å². The van der Waals surface area contributed by atoms with Gasteiger partial charge in [0.05, 0.1) is 6.42 Å². The Morgan fingerprint density at radius 2 is 1.56 bits per heavy atom. The van der Waals surface area contributed by atoms with Crippen LogP contribution in [0.15, 0.2) is 0 Å². The van der Waals surface area contributed by atoms with Gasteiger partial charge in [0.25, 0.3) is 0 Å². The number of aliphatic carboxylic acids is 2. The van der Waals surface area contributed by atoms with Crippen molar-refractivity contribution in [2.24, 2.45) is 0 Å². The molecule has 0 aromatic heterocycles. The number of carboxylic acid groups (broad SMARTS) is 2. The van der Waals surface area contributed by atoms with Gasteiger partial charge in [-0.05, 0) is 0 Å². The van der Waals surface area contributed by atoms with Gasteiger partial charge in [0.2, 0.25) is 0 Å². The number of hydrogen-bond donors (Lipinski definition) is 0. The van der Waals surface area contributed by atoms with E-state index < -0.39 is 24.1 Å². The molecule has 0 saturated carbocycles. The Kier molecular flexibility index (Phi) is 2.37. The monoisotopic (exact) mass is 130 g/mol. The second kappa shape index (κ2) is 2.81. The fraction of sp³-hybridized carbons (Fsp3) is 0.250. The van der Waals surface area contributed by atoms with Crippen molar-refractivity contribution in [3.05, 3.63) is 0 Å². The van der Waals surface area contributed by atoms with E-state index in [1.165, 1.54) is 0 Å². The van der Waals surface area contributed by atoms with Crippen LogP contribution in [0.2, 0.25) is 0 Å². The molecule has 0 spiro atoms. The van der Waals surface area contributed by atoms with Crippen molar-refractivity contribution in [2.45, 2.75) is 6.42 Å². The lowest BCUT2D eigenvalue weighted by Gasteiger charge is -1.99. The van der Waals surface area contributed by atoms with Crippen LogP contribution in [0.4, 0.5) is 0 Å². The molecule has 0 atom stereocenters. The van der Waals surface area contributed by atoms with Crippen molar-refractivity contribution in [2.75, 3.05) is 0 Å². The van der Waals surface area contributed by atoms with Gasteiger partial charge >= 0.3 is 0 Å². The topological polar surface area (TPSA) is 97.3 Å². The van der Waals surface area contributed by atoms with Crippen LogP contribution >= 0.6 is 0 Å². The molecule has 0 aromatic carbocycles. The quantitative estimate of drug-likeness (QED) is 0.291. The molecule has 9 heavy (non-hydrogen) atoms. The van der Waals surface area contributed by atoms with Crippen molar-refractivity contribution in [1.29, 1.82) is 0 Å². The summed E-state index contributed by atoms with van der Waals surface area (Å²) >= 11 is 0. The number of carboxylic acids is 2. The summed E-state index contributed by atoms with van der Waals surface area (Å²) in [5.74, 6) is -5.20. The van der Waals surface area contributed by atoms with Crippen molar-refractivity contribution in [3.8, 4) is 0 Å². The normalized spacial score (nSPS) is 8.44. The van der Waals surface area contributed by atoms with E-state index in [9.17, 15) is 24.6 Å². The summed E-state index contributed by atoms with van der Waals surface area (Å²) in [5.41, 5.74) is 0. The Hall–Kier alpha value is -1.39. The Labute approximate surface area is 49.9 Å².